The molecule has 2 aliphatic rings. The number of hydrogen-bond donors (Lipinski definition) is 0. The Morgan fingerprint density at radius 1 is 0.893 bits per heavy atom. The Balaban J connectivity index is 1.42. The first-order chi connectivity index (χ1) is 13.5. The van der Waals surface area contributed by atoms with E-state index >= 15 is 0 Å². The van der Waals surface area contributed by atoms with Gasteiger partial charge in [-0.25, -0.2) is 4.39 Å². The molecule has 0 aliphatic carbocycles. The monoisotopic (exact) mass is 381 g/mol. The molecule has 0 spiro atoms. The van der Waals surface area contributed by atoms with E-state index in [-0.39, 0.29) is 11.7 Å². The number of benzene rings is 2. The van der Waals surface area contributed by atoms with Crippen molar-refractivity contribution in [3.63, 3.8) is 0 Å². The van der Waals surface area contributed by atoms with Gasteiger partial charge in [0, 0.05) is 31.9 Å². The number of hydrogen-bond acceptors (Lipinski definition) is 4. The van der Waals surface area contributed by atoms with Crippen LogP contribution in [0.2, 0.25) is 0 Å². The molecule has 0 N–H and O–H groups in total. The van der Waals surface area contributed by atoms with Crippen LogP contribution in [0, 0.1) is 5.82 Å². The van der Waals surface area contributed by atoms with Crippen molar-refractivity contribution in [2.24, 2.45) is 0 Å². The number of nitrogens with zero attached hydrogens (tertiary/aromatic N) is 3. The lowest BCUT2D eigenvalue weighted by Gasteiger charge is -2.38. The number of halogens is 1. The summed E-state index contributed by atoms with van der Waals surface area (Å²) >= 11 is 0. The van der Waals surface area contributed by atoms with E-state index in [2.05, 4.69) is 4.90 Å². The average molecular weight is 381 g/mol. The molecule has 2 aromatic carbocycles. The van der Waals surface area contributed by atoms with Gasteiger partial charge in [-0.15, -0.1) is 0 Å². The summed E-state index contributed by atoms with van der Waals surface area (Å²) in [5, 5.41) is 0. The predicted octanol–water partition coefficient (Wildman–Crippen LogP) is 2.16. The van der Waals surface area contributed by atoms with Crippen LogP contribution in [-0.2, 0) is 4.79 Å². The molecule has 6 nitrogen and oxygen atoms in total. The first-order valence-electron chi connectivity index (χ1n) is 9.23. The van der Waals surface area contributed by atoms with Crippen molar-refractivity contribution in [2.45, 2.75) is 13.0 Å². The zero-order chi connectivity index (χ0) is 19.8. The van der Waals surface area contributed by atoms with Crippen LogP contribution >= 0.6 is 0 Å². The van der Waals surface area contributed by atoms with Crippen molar-refractivity contribution < 1.29 is 18.8 Å². The Kier molecular flexibility index (Phi) is 4.58. The van der Waals surface area contributed by atoms with Crippen LogP contribution < -0.4 is 4.90 Å². The number of carbonyl (C=O) groups is 3. The zero-order valence-electron chi connectivity index (χ0n) is 15.5. The highest BCUT2D eigenvalue weighted by Crippen LogP contribution is 2.25. The van der Waals surface area contributed by atoms with Crippen LogP contribution in [0.1, 0.15) is 27.6 Å². The second kappa shape index (κ2) is 7.07. The minimum Gasteiger partial charge on any atom is -0.368 e. The predicted molar refractivity (Wildman–Crippen MR) is 102 cm³/mol. The highest BCUT2D eigenvalue weighted by atomic mass is 19.1. The fraction of sp³-hybridized carbons (Fsp3) is 0.286. The molecule has 1 atom stereocenters. The fourth-order valence-corrected chi connectivity index (χ4v) is 3.77. The van der Waals surface area contributed by atoms with E-state index in [1.165, 1.54) is 12.1 Å². The normalized spacial score (nSPS) is 17.7. The van der Waals surface area contributed by atoms with Crippen molar-refractivity contribution in [3.05, 3.63) is 65.5 Å². The Labute approximate surface area is 162 Å². The van der Waals surface area contributed by atoms with Gasteiger partial charge in [-0.2, -0.15) is 0 Å². The number of imide groups is 1. The minimum atomic E-state index is -0.857. The summed E-state index contributed by atoms with van der Waals surface area (Å²) in [7, 11) is 0. The van der Waals surface area contributed by atoms with Gasteiger partial charge >= 0.3 is 0 Å². The number of fused-ring (bicyclic) bond motifs is 1. The van der Waals surface area contributed by atoms with Crippen LogP contribution in [0.25, 0.3) is 0 Å². The van der Waals surface area contributed by atoms with E-state index < -0.39 is 17.9 Å². The van der Waals surface area contributed by atoms with Gasteiger partial charge in [0.15, 0.2) is 0 Å². The third kappa shape index (κ3) is 3.02. The first-order valence-corrected chi connectivity index (χ1v) is 9.23. The molecule has 0 bridgehead atoms. The minimum absolute atomic E-state index is 0.242. The number of anilines is 1. The first kappa shape index (κ1) is 18.2. The Morgan fingerprint density at radius 3 is 1.96 bits per heavy atom. The van der Waals surface area contributed by atoms with E-state index in [4.69, 9.17) is 0 Å². The van der Waals surface area contributed by atoms with Gasteiger partial charge in [0.25, 0.3) is 11.8 Å². The van der Waals surface area contributed by atoms with Gasteiger partial charge in [0.1, 0.15) is 11.9 Å². The summed E-state index contributed by atoms with van der Waals surface area (Å²) in [6.07, 6.45) is 0. The molecule has 2 aliphatic heterocycles. The smallest absolute Gasteiger partial charge is 0.262 e. The lowest BCUT2D eigenvalue weighted by Crippen LogP contribution is -2.55. The Hall–Kier alpha value is -3.22. The van der Waals surface area contributed by atoms with Gasteiger partial charge in [0.05, 0.1) is 11.1 Å². The summed E-state index contributed by atoms with van der Waals surface area (Å²) in [4.78, 5) is 42.9. The maximum atomic E-state index is 13.1. The van der Waals surface area contributed by atoms with E-state index in [0.717, 1.165) is 10.6 Å². The Bertz CT molecular complexity index is 901. The van der Waals surface area contributed by atoms with Crippen LogP contribution in [0.4, 0.5) is 10.1 Å². The van der Waals surface area contributed by atoms with Gasteiger partial charge < -0.3 is 9.80 Å². The standard InChI is InChI=1S/C21H20FN3O3/c1-14(25-20(27)17-4-2-3-5-18(17)21(25)28)19(26)24-12-10-23(11-13-24)16-8-6-15(22)7-9-16/h2-9,14H,10-13H2,1H3/t14-/m1/s1. The van der Waals surface area contributed by atoms with Crippen LogP contribution in [0.5, 0.6) is 0 Å². The topological polar surface area (TPSA) is 60.9 Å². The van der Waals surface area contributed by atoms with E-state index in [9.17, 15) is 18.8 Å². The second-order valence-electron chi connectivity index (χ2n) is 6.99. The van der Waals surface area contributed by atoms with E-state index in [1.54, 1.807) is 48.2 Å². The largest absolute Gasteiger partial charge is 0.368 e. The average Bonchev–Trinajstić information content (AvgIpc) is 2.98. The Morgan fingerprint density at radius 2 is 1.43 bits per heavy atom. The second-order valence-corrected chi connectivity index (χ2v) is 6.99. The molecular weight excluding hydrogens is 361 g/mol. The molecule has 144 valence electrons. The maximum Gasteiger partial charge on any atom is 0.262 e. The van der Waals surface area contributed by atoms with Crippen molar-refractivity contribution in [1.29, 1.82) is 0 Å². The summed E-state index contributed by atoms with van der Waals surface area (Å²) in [5.41, 5.74) is 1.59. The number of carbonyl (C=O) groups excluding carboxylic acids is 3. The van der Waals surface area contributed by atoms with Crippen LogP contribution in [0.3, 0.4) is 0 Å². The quantitative estimate of drug-likeness (QED) is 0.765. The van der Waals surface area contributed by atoms with E-state index in [0.29, 0.717) is 37.3 Å². The molecule has 0 unspecified atom stereocenters. The van der Waals surface area contributed by atoms with Gasteiger partial charge in [0.2, 0.25) is 5.91 Å². The summed E-state index contributed by atoms with van der Waals surface area (Å²) in [6, 6.07) is 12.0. The van der Waals surface area contributed by atoms with Crippen molar-refractivity contribution in [3.8, 4) is 0 Å². The van der Waals surface area contributed by atoms with Crippen LogP contribution in [-0.4, -0.2) is 59.7 Å². The van der Waals surface area contributed by atoms with Crippen molar-refractivity contribution in [1.82, 2.24) is 9.80 Å². The molecule has 7 heteroatoms. The van der Waals surface area contributed by atoms with Gasteiger partial charge in [-0.3, -0.25) is 19.3 Å². The SMILES string of the molecule is C[C@H](C(=O)N1CCN(c2ccc(F)cc2)CC1)N1C(=O)c2ccccc2C1=O. The summed E-state index contributed by atoms with van der Waals surface area (Å²) in [6.45, 7) is 3.75. The summed E-state index contributed by atoms with van der Waals surface area (Å²) < 4.78 is 13.1. The number of piperazine rings is 1. The molecule has 1 fully saturated rings. The zero-order valence-corrected chi connectivity index (χ0v) is 15.5. The molecule has 1 saturated heterocycles. The highest BCUT2D eigenvalue weighted by Gasteiger charge is 2.42. The van der Waals surface area contributed by atoms with Crippen molar-refractivity contribution >= 4 is 23.4 Å². The molecule has 2 aromatic rings. The highest BCUT2D eigenvalue weighted by molar-refractivity contribution is 6.22. The lowest BCUT2D eigenvalue weighted by molar-refractivity contribution is -0.135. The molecule has 2 heterocycles. The molecule has 4 rings (SSSR count). The molecular formula is C21H20FN3O3. The third-order valence-electron chi connectivity index (χ3n) is 5.35. The molecule has 0 aromatic heterocycles. The number of rotatable bonds is 3. The van der Waals surface area contributed by atoms with E-state index in [1.807, 2.05) is 0 Å². The fourth-order valence-electron chi connectivity index (χ4n) is 3.77. The number of amides is 3. The van der Waals surface area contributed by atoms with Gasteiger partial charge in [-0.1, -0.05) is 12.1 Å². The van der Waals surface area contributed by atoms with Crippen LogP contribution in [0.15, 0.2) is 48.5 Å². The molecule has 3 amide bonds. The molecule has 0 saturated carbocycles. The molecule has 0 radical (unpaired) electrons. The van der Waals surface area contributed by atoms with Crippen molar-refractivity contribution in [2.75, 3.05) is 31.1 Å². The third-order valence-corrected chi connectivity index (χ3v) is 5.35. The molecule has 28 heavy (non-hydrogen) atoms. The summed E-state index contributed by atoms with van der Waals surface area (Å²) in [5.74, 6) is -1.38. The maximum absolute atomic E-state index is 13.1. The van der Waals surface area contributed by atoms with Gasteiger partial charge in [-0.05, 0) is 43.3 Å². The lowest BCUT2D eigenvalue weighted by atomic mass is 10.1.